The average molecular weight is 690 g/mol. The second-order valence-corrected chi connectivity index (χ2v) is 13.7. The lowest BCUT2D eigenvalue weighted by atomic mass is 9.97. The minimum atomic E-state index is 0.893. The maximum absolute atomic E-state index is 6.58. The number of hydrogen-bond acceptors (Lipinski definition) is 2. The fraction of sp³-hybridized carbons (Fsp3) is 0. The predicted molar refractivity (Wildman–Crippen MR) is 228 cm³/mol. The lowest BCUT2D eigenvalue weighted by molar-refractivity contribution is 0.670. The molecule has 0 aliphatic rings. The Morgan fingerprint density at radius 3 is 1.63 bits per heavy atom. The van der Waals surface area contributed by atoms with Crippen LogP contribution in [0.3, 0.4) is 0 Å². The highest BCUT2D eigenvalue weighted by Gasteiger charge is 2.22. The van der Waals surface area contributed by atoms with Gasteiger partial charge in [0, 0.05) is 33.2 Å². The van der Waals surface area contributed by atoms with Crippen LogP contribution >= 0.6 is 0 Å². The molecule has 0 amide bonds. The molecule has 0 fully saturated rings. The molecule has 0 bridgehead atoms. The maximum Gasteiger partial charge on any atom is 0.143 e. The lowest BCUT2D eigenvalue weighted by Crippen LogP contribution is -2.12. The van der Waals surface area contributed by atoms with E-state index in [0.29, 0.717) is 0 Å². The quantitative estimate of drug-likeness (QED) is 0.166. The van der Waals surface area contributed by atoms with Gasteiger partial charge in [0.1, 0.15) is 11.2 Å². The maximum atomic E-state index is 6.58. The van der Waals surface area contributed by atoms with Crippen LogP contribution in [-0.4, -0.2) is 0 Å². The van der Waals surface area contributed by atoms with Crippen molar-refractivity contribution in [3.63, 3.8) is 0 Å². The Balaban J connectivity index is 1.09. The highest BCUT2D eigenvalue weighted by atomic mass is 16.3. The first kappa shape index (κ1) is 31.6. The number of nitrogens with zero attached hydrogens (tertiary/aromatic N) is 1. The molecule has 0 radical (unpaired) electrons. The Morgan fingerprint density at radius 1 is 0.315 bits per heavy atom. The Morgan fingerprint density at radius 2 is 0.852 bits per heavy atom. The lowest BCUT2D eigenvalue weighted by Gasteiger charge is -2.30. The minimum Gasteiger partial charge on any atom is -0.455 e. The van der Waals surface area contributed by atoms with Crippen molar-refractivity contribution in [1.29, 1.82) is 0 Å². The largest absolute Gasteiger partial charge is 0.455 e. The number of anilines is 3. The van der Waals surface area contributed by atoms with Gasteiger partial charge >= 0.3 is 0 Å². The summed E-state index contributed by atoms with van der Waals surface area (Å²) < 4.78 is 6.58. The molecule has 10 rings (SSSR count). The third-order valence-electron chi connectivity index (χ3n) is 10.5. The van der Waals surface area contributed by atoms with Crippen LogP contribution in [0.1, 0.15) is 0 Å². The van der Waals surface area contributed by atoms with Crippen molar-refractivity contribution in [2.45, 2.75) is 0 Å². The van der Waals surface area contributed by atoms with Crippen LogP contribution in [0.2, 0.25) is 0 Å². The summed E-state index contributed by atoms with van der Waals surface area (Å²) in [6.07, 6.45) is 0. The molecule has 2 heteroatoms. The highest BCUT2D eigenvalue weighted by molar-refractivity contribution is 6.11. The van der Waals surface area contributed by atoms with Gasteiger partial charge in [0.25, 0.3) is 0 Å². The number of fused-ring (bicyclic) bond motifs is 4. The summed E-state index contributed by atoms with van der Waals surface area (Å²) in [5.74, 6) is 0. The molecule has 1 aromatic heterocycles. The summed E-state index contributed by atoms with van der Waals surface area (Å²) in [4.78, 5) is 2.39. The summed E-state index contributed by atoms with van der Waals surface area (Å²) in [5, 5.41) is 4.75. The van der Waals surface area contributed by atoms with E-state index in [1.54, 1.807) is 0 Å². The number of rotatable bonds is 7. The summed E-state index contributed by atoms with van der Waals surface area (Å²) in [7, 11) is 0. The van der Waals surface area contributed by atoms with E-state index in [1.165, 1.54) is 33.0 Å². The fourth-order valence-corrected chi connectivity index (χ4v) is 7.82. The van der Waals surface area contributed by atoms with Gasteiger partial charge in [-0.2, -0.15) is 0 Å². The van der Waals surface area contributed by atoms with Crippen molar-refractivity contribution in [2.75, 3.05) is 4.90 Å². The molecule has 254 valence electrons. The summed E-state index contributed by atoms with van der Waals surface area (Å²) in [6.45, 7) is 0. The molecule has 1 heterocycles. The van der Waals surface area contributed by atoms with Gasteiger partial charge in [-0.25, -0.2) is 0 Å². The molecule has 2 nitrogen and oxygen atoms in total. The summed E-state index contributed by atoms with van der Waals surface area (Å²) >= 11 is 0. The first-order valence-corrected chi connectivity index (χ1v) is 18.4. The minimum absolute atomic E-state index is 0.893. The molecule has 0 aliphatic heterocycles. The van der Waals surface area contributed by atoms with E-state index in [4.69, 9.17) is 4.42 Å². The van der Waals surface area contributed by atoms with E-state index in [1.807, 2.05) is 12.1 Å². The third-order valence-corrected chi connectivity index (χ3v) is 10.5. The zero-order valence-corrected chi connectivity index (χ0v) is 29.6. The second kappa shape index (κ2) is 13.4. The second-order valence-electron chi connectivity index (χ2n) is 13.7. The molecule has 9 aromatic carbocycles. The number of benzene rings is 9. The van der Waals surface area contributed by atoms with Gasteiger partial charge in [-0.05, 0) is 75.0 Å². The van der Waals surface area contributed by atoms with Crippen LogP contribution in [-0.2, 0) is 0 Å². The molecular formula is C52H35NO. The molecular weight excluding hydrogens is 655 g/mol. The molecule has 0 N–H and O–H groups in total. The standard InChI is InChI=1S/C52H35NO/c1-2-14-40(15-3-1)44-17-6-9-22-49(44)53(50-23-10-7-18-45(50)47-20-12-21-48-46-19-8-11-24-51(46)54-52(47)48)43-33-31-38(32-34-43)37-25-27-39(28-26-37)42-30-29-36-13-4-5-16-41(36)35-42/h1-35H. The van der Waals surface area contributed by atoms with Crippen molar-refractivity contribution in [3.05, 3.63) is 212 Å². The zero-order valence-electron chi connectivity index (χ0n) is 29.6. The van der Waals surface area contributed by atoms with Crippen LogP contribution in [0, 0.1) is 0 Å². The zero-order chi connectivity index (χ0) is 35.8. The van der Waals surface area contributed by atoms with E-state index in [0.717, 1.165) is 61.3 Å². The van der Waals surface area contributed by atoms with E-state index in [-0.39, 0.29) is 0 Å². The van der Waals surface area contributed by atoms with Crippen LogP contribution in [0.25, 0.3) is 77.2 Å². The normalized spacial score (nSPS) is 11.3. The topological polar surface area (TPSA) is 16.4 Å². The molecule has 10 aromatic rings. The van der Waals surface area contributed by atoms with Gasteiger partial charge in [-0.1, -0.05) is 176 Å². The molecule has 0 saturated carbocycles. The Bertz CT molecular complexity index is 2920. The van der Waals surface area contributed by atoms with E-state index < -0.39 is 0 Å². The monoisotopic (exact) mass is 689 g/mol. The Hall–Kier alpha value is -7.16. The van der Waals surface area contributed by atoms with Gasteiger partial charge in [0.2, 0.25) is 0 Å². The van der Waals surface area contributed by atoms with Crippen LogP contribution in [0.15, 0.2) is 217 Å². The van der Waals surface area contributed by atoms with Crippen LogP contribution in [0.5, 0.6) is 0 Å². The molecule has 0 unspecified atom stereocenters. The van der Waals surface area contributed by atoms with Gasteiger partial charge < -0.3 is 9.32 Å². The van der Waals surface area contributed by atoms with Crippen molar-refractivity contribution >= 4 is 49.8 Å². The molecule has 0 saturated heterocycles. The third kappa shape index (κ3) is 5.62. The van der Waals surface area contributed by atoms with Crippen LogP contribution < -0.4 is 4.90 Å². The van der Waals surface area contributed by atoms with Crippen molar-refractivity contribution in [3.8, 4) is 44.5 Å². The first-order chi connectivity index (χ1) is 26.8. The van der Waals surface area contributed by atoms with Crippen LogP contribution in [0.4, 0.5) is 17.1 Å². The fourth-order valence-electron chi connectivity index (χ4n) is 7.82. The number of hydrogen-bond donors (Lipinski definition) is 0. The van der Waals surface area contributed by atoms with Gasteiger partial charge in [-0.15, -0.1) is 0 Å². The van der Waals surface area contributed by atoms with Crippen molar-refractivity contribution in [1.82, 2.24) is 0 Å². The van der Waals surface area contributed by atoms with E-state index >= 15 is 0 Å². The molecule has 0 aliphatic carbocycles. The molecule has 54 heavy (non-hydrogen) atoms. The summed E-state index contributed by atoms with van der Waals surface area (Å²) in [5.41, 5.74) is 14.3. The van der Waals surface area contributed by atoms with Gasteiger partial charge in [0.05, 0.1) is 11.4 Å². The molecule has 0 spiro atoms. The SMILES string of the molecule is c1ccc(-c2ccccc2N(c2ccc(-c3ccc(-c4ccc5ccccc5c4)cc3)cc2)c2ccccc2-c2cccc3c2oc2ccccc23)cc1. The Kier molecular flexibility index (Phi) is 7.85. The predicted octanol–water partition coefficient (Wildman–Crippen LogP) is 14.9. The van der Waals surface area contributed by atoms with Gasteiger partial charge in [0.15, 0.2) is 0 Å². The van der Waals surface area contributed by atoms with Gasteiger partial charge in [-0.3, -0.25) is 0 Å². The van der Waals surface area contributed by atoms with E-state index in [9.17, 15) is 0 Å². The summed E-state index contributed by atoms with van der Waals surface area (Å²) in [6, 6.07) is 75.8. The molecule has 0 atom stereocenters. The van der Waals surface area contributed by atoms with Crippen molar-refractivity contribution in [2.24, 2.45) is 0 Å². The average Bonchev–Trinajstić information content (AvgIpc) is 3.64. The smallest absolute Gasteiger partial charge is 0.143 e. The first-order valence-electron chi connectivity index (χ1n) is 18.4. The Labute approximate surface area is 314 Å². The van der Waals surface area contributed by atoms with E-state index in [2.05, 4.69) is 205 Å². The number of para-hydroxylation sites is 4. The van der Waals surface area contributed by atoms with Crippen molar-refractivity contribution < 1.29 is 4.42 Å². The highest BCUT2D eigenvalue weighted by Crippen LogP contribution is 2.47. The number of furan rings is 1.